The number of hydrogen-bond donors (Lipinski definition) is 2. The van der Waals surface area contributed by atoms with Gasteiger partial charge in [-0.3, -0.25) is 25.2 Å². The predicted octanol–water partition coefficient (Wildman–Crippen LogP) is 2.87. The second-order valence-electron chi connectivity index (χ2n) is 6.65. The van der Waals surface area contributed by atoms with Crippen molar-refractivity contribution in [3.63, 3.8) is 0 Å². The summed E-state index contributed by atoms with van der Waals surface area (Å²) in [5, 5.41) is 20.8. The summed E-state index contributed by atoms with van der Waals surface area (Å²) in [5.41, 5.74) is 0.711. The third kappa shape index (κ3) is 3.16. The van der Waals surface area contributed by atoms with Crippen molar-refractivity contribution in [1.82, 2.24) is 19.3 Å². The molecule has 4 heterocycles. The minimum absolute atomic E-state index is 0.141. The zero-order valence-electron chi connectivity index (χ0n) is 15.7. The molecule has 9 heteroatoms. The monoisotopic (exact) mass is 392 g/mol. The van der Waals surface area contributed by atoms with Crippen LogP contribution in [0.25, 0.3) is 22.2 Å². The van der Waals surface area contributed by atoms with Crippen molar-refractivity contribution < 1.29 is 8.91 Å². The lowest BCUT2D eigenvalue weighted by molar-refractivity contribution is 0.426. The van der Waals surface area contributed by atoms with E-state index in [4.69, 9.17) is 15.3 Å². The van der Waals surface area contributed by atoms with Gasteiger partial charge in [0.25, 0.3) is 5.56 Å². The zero-order chi connectivity index (χ0) is 20.7. The molecule has 146 valence electrons. The van der Waals surface area contributed by atoms with Crippen LogP contribution in [0.2, 0.25) is 0 Å². The Hall–Kier alpha value is -3.88. The summed E-state index contributed by atoms with van der Waals surface area (Å²) in [6.07, 6.45) is 4.57. The van der Waals surface area contributed by atoms with Gasteiger partial charge in [0.05, 0.1) is 22.6 Å². The van der Waals surface area contributed by atoms with Gasteiger partial charge in [-0.1, -0.05) is 5.16 Å². The number of aromatic nitrogens is 4. The molecule has 0 aliphatic carbocycles. The molecule has 0 amide bonds. The standard InChI is InChI=1S/C20H17FN6O2/c1-11-8-17(29-25-11)13-9-15(21)19(23)27(10-13)18(22)12(2)26-7-5-16-14(20(26)28)4-3-6-24-16/h3-10,12,22-23H,1-2H3. The summed E-state index contributed by atoms with van der Waals surface area (Å²) in [6.45, 7) is 3.38. The van der Waals surface area contributed by atoms with Gasteiger partial charge in [-0.05, 0) is 38.1 Å². The number of rotatable bonds is 3. The molecule has 0 bridgehead atoms. The summed E-state index contributed by atoms with van der Waals surface area (Å²) in [7, 11) is 0. The van der Waals surface area contributed by atoms with E-state index in [0.29, 0.717) is 27.9 Å². The predicted molar refractivity (Wildman–Crippen MR) is 104 cm³/mol. The van der Waals surface area contributed by atoms with Gasteiger partial charge < -0.3 is 9.09 Å². The molecule has 0 fully saturated rings. The van der Waals surface area contributed by atoms with Gasteiger partial charge in [-0.25, -0.2) is 4.39 Å². The molecular weight excluding hydrogens is 375 g/mol. The first-order valence-electron chi connectivity index (χ1n) is 8.82. The van der Waals surface area contributed by atoms with Crippen LogP contribution in [0.15, 0.2) is 58.2 Å². The fourth-order valence-electron chi connectivity index (χ4n) is 3.11. The fourth-order valence-corrected chi connectivity index (χ4v) is 3.11. The van der Waals surface area contributed by atoms with E-state index in [9.17, 15) is 9.18 Å². The fraction of sp³-hybridized carbons (Fsp3) is 0.150. The average molecular weight is 392 g/mol. The van der Waals surface area contributed by atoms with Crippen LogP contribution < -0.4 is 11.0 Å². The summed E-state index contributed by atoms with van der Waals surface area (Å²) >= 11 is 0. The van der Waals surface area contributed by atoms with Crippen LogP contribution in [-0.2, 0) is 0 Å². The van der Waals surface area contributed by atoms with E-state index >= 15 is 0 Å². The summed E-state index contributed by atoms with van der Waals surface area (Å²) < 4.78 is 22.0. The lowest BCUT2D eigenvalue weighted by atomic mass is 10.2. The van der Waals surface area contributed by atoms with Gasteiger partial charge in [0.1, 0.15) is 5.84 Å². The van der Waals surface area contributed by atoms with Gasteiger partial charge in [0, 0.05) is 30.2 Å². The molecule has 0 spiro atoms. The van der Waals surface area contributed by atoms with E-state index in [1.807, 2.05) is 0 Å². The third-order valence-corrected chi connectivity index (χ3v) is 4.70. The van der Waals surface area contributed by atoms with Crippen LogP contribution >= 0.6 is 0 Å². The number of fused-ring (bicyclic) bond motifs is 1. The van der Waals surface area contributed by atoms with Crippen LogP contribution in [0, 0.1) is 23.6 Å². The Labute approximate surface area is 163 Å². The number of nitrogens with zero attached hydrogens (tertiary/aromatic N) is 4. The Balaban J connectivity index is 1.80. The molecule has 29 heavy (non-hydrogen) atoms. The van der Waals surface area contributed by atoms with Gasteiger partial charge in [0.2, 0.25) is 0 Å². The van der Waals surface area contributed by atoms with Crippen molar-refractivity contribution in [2.24, 2.45) is 0 Å². The van der Waals surface area contributed by atoms with Gasteiger partial charge in [-0.2, -0.15) is 0 Å². The molecule has 4 aromatic rings. The molecule has 8 nitrogen and oxygen atoms in total. The van der Waals surface area contributed by atoms with Crippen molar-refractivity contribution in [2.75, 3.05) is 0 Å². The highest BCUT2D eigenvalue weighted by Crippen LogP contribution is 2.20. The molecule has 0 aromatic carbocycles. The van der Waals surface area contributed by atoms with Gasteiger partial charge >= 0.3 is 0 Å². The average Bonchev–Trinajstić information content (AvgIpc) is 3.16. The minimum Gasteiger partial charge on any atom is -0.356 e. The van der Waals surface area contributed by atoms with E-state index < -0.39 is 17.3 Å². The Morgan fingerprint density at radius 2 is 2.10 bits per heavy atom. The first kappa shape index (κ1) is 18.5. The number of aryl methyl sites for hydroxylation is 1. The molecule has 1 unspecified atom stereocenters. The Bertz CT molecular complexity index is 1370. The molecule has 0 saturated carbocycles. The highest BCUT2D eigenvalue weighted by Gasteiger charge is 2.19. The summed E-state index contributed by atoms with van der Waals surface area (Å²) in [4.78, 5) is 17.0. The third-order valence-electron chi connectivity index (χ3n) is 4.70. The quantitative estimate of drug-likeness (QED) is 0.412. The van der Waals surface area contributed by atoms with E-state index in [-0.39, 0.29) is 11.4 Å². The molecule has 4 rings (SSSR count). The Morgan fingerprint density at radius 1 is 1.31 bits per heavy atom. The van der Waals surface area contributed by atoms with E-state index in [1.165, 1.54) is 10.8 Å². The topological polar surface area (TPSA) is 114 Å². The number of pyridine rings is 3. The molecule has 4 aromatic heterocycles. The molecule has 2 N–H and O–H groups in total. The highest BCUT2D eigenvalue weighted by molar-refractivity contribution is 5.86. The molecule has 0 radical (unpaired) electrons. The Kier molecular flexibility index (Phi) is 4.42. The molecule has 0 aliphatic heterocycles. The zero-order valence-corrected chi connectivity index (χ0v) is 15.7. The first-order valence-corrected chi connectivity index (χ1v) is 8.82. The van der Waals surface area contributed by atoms with E-state index in [2.05, 4.69) is 10.1 Å². The smallest absolute Gasteiger partial charge is 0.260 e. The lowest BCUT2D eigenvalue weighted by Crippen LogP contribution is -2.36. The van der Waals surface area contributed by atoms with Crippen molar-refractivity contribution >= 4 is 16.7 Å². The maximum atomic E-state index is 14.4. The van der Waals surface area contributed by atoms with Gasteiger partial charge in [-0.15, -0.1) is 0 Å². The SMILES string of the molecule is Cc1cc(-c2cc(F)c(=N)n(C(=N)C(C)n3ccc4ncccc4c3=O)c2)on1. The molecule has 0 saturated heterocycles. The summed E-state index contributed by atoms with van der Waals surface area (Å²) in [5.74, 6) is -0.634. The van der Waals surface area contributed by atoms with Crippen LogP contribution in [-0.4, -0.2) is 25.1 Å². The minimum atomic E-state index is -0.816. The largest absolute Gasteiger partial charge is 0.356 e. The Morgan fingerprint density at radius 3 is 2.83 bits per heavy atom. The van der Waals surface area contributed by atoms with Crippen molar-refractivity contribution in [3.05, 3.63) is 76.3 Å². The van der Waals surface area contributed by atoms with Crippen LogP contribution in [0.3, 0.4) is 0 Å². The van der Waals surface area contributed by atoms with Crippen LogP contribution in [0.5, 0.6) is 0 Å². The van der Waals surface area contributed by atoms with Crippen molar-refractivity contribution in [2.45, 2.75) is 19.9 Å². The normalized spacial score (nSPS) is 12.2. The number of halogens is 1. The number of hydrogen-bond acceptors (Lipinski definition) is 6. The van der Waals surface area contributed by atoms with E-state index in [0.717, 1.165) is 10.6 Å². The highest BCUT2D eigenvalue weighted by atomic mass is 19.1. The van der Waals surface area contributed by atoms with Gasteiger partial charge in [0.15, 0.2) is 17.1 Å². The van der Waals surface area contributed by atoms with Crippen LogP contribution in [0.1, 0.15) is 18.7 Å². The molecule has 1 atom stereocenters. The summed E-state index contributed by atoms with van der Waals surface area (Å²) in [6, 6.07) is 7.04. The maximum Gasteiger partial charge on any atom is 0.260 e. The second kappa shape index (κ2) is 6.93. The van der Waals surface area contributed by atoms with E-state index in [1.54, 1.807) is 50.5 Å². The van der Waals surface area contributed by atoms with Crippen LogP contribution in [0.4, 0.5) is 4.39 Å². The van der Waals surface area contributed by atoms with Crippen molar-refractivity contribution in [1.29, 1.82) is 10.8 Å². The second-order valence-corrected chi connectivity index (χ2v) is 6.65. The molecule has 0 aliphatic rings. The van der Waals surface area contributed by atoms with Crippen molar-refractivity contribution in [3.8, 4) is 11.3 Å². The molecular formula is C20H17FN6O2. The first-order chi connectivity index (χ1) is 13.9. The lowest BCUT2D eigenvalue weighted by Gasteiger charge is -2.19. The number of nitrogens with one attached hydrogen (secondary N) is 2. The maximum absolute atomic E-state index is 14.4.